The van der Waals surface area contributed by atoms with Gasteiger partial charge in [0.2, 0.25) is 0 Å². The van der Waals surface area contributed by atoms with Gasteiger partial charge in [0.15, 0.2) is 6.39 Å². The zero-order chi connectivity index (χ0) is 13.1. The van der Waals surface area contributed by atoms with Crippen LogP contribution in [0.15, 0.2) is 53.9 Å². The Kier molecular flexibility index (Phi) is 3.20. The molecule has 19 heavy (non-hydrogen) atoms. The maximum Gasteiger partial charge on any atom is 0.180 e. The van der Waals surface area contributed by atoms with Crippen LogP contribution in [-0.4, -0.2) is 14.5 Å². The molecule has 0 fully saturated rings. The average molecular weight is 275 g/mol. The Hall–Kier alpha value is -2.27. The molecule has 3 aromatic rings. The summed E-state index contributed by atoms with van der Waals surface area (Å²) in [4.78, 5) is 7.92. The molecule has 1 N–H and O–H groups in total. The third-order valence-electron chi connectivity index (χ3n) is 2.69. The van der Waals surface area contributed by atoms with E-state index in [0.717, 1.165) is 17.1 Å². The predicted octanol–water partition coefficient (Wildman–Crippen LogP) is 3.13. The number of rotatable bonds is 4. The first kappa shape index (κ1) is 11.8. The van der Waals surface area contributed by atoms with Gasteiger partial charge in [0.1, 0.15) is 5.76 Å². The molecule has 6 heteroatoms. The first-order valence-corrected chi connectivity index (χ1v) is 6.10. The molecule has 0 aliphatic carbocycles. The number of halogens is 1. The van der Waals surface area contributed by atoms with E-state index >= 15 is 0 Å². The molecule has 0 unspecified atom stereocenters. The number of nitrogens with one attached hydrogen (secondary N) is 1. The molecule has 0 bridgehead atoms. The predicted molar refractivity (Wildman–Crippen MR) is 72.4 cm³/mol. The van der Waals surface area contributed by atoms with Gasteiger partial charge in [-0.1, -0.05) is 17.7 Å². The fourth-order valence-electron chi connectivity index (χ4n) is 1.82. The van der Waals surface area contributed by atoms with E-state index in [1.165, 1.54) is 6.39 Å². The highest BCUT2D eigenvalue weighted by Crippen LogP contribution is 2.28. The summed E-state index contributed by atoms with van der Waals surface area (Å²) in [6.07, 6.45) is 8.35. The van der Waals surface area contributed by atoms with Crippen molar-refractivity contribution in [3.8, 4) is 5.69 Å². The quantitative estimate of drug-likeness (QED) is 0.794. The van der Waals surface area contributed by atoms with Gasteiger partial charge in [-0.15, -0.1) is 0 Å². The summed E-state index contributed by atoms with van der Waals surface area (Å²) in [5.74, 6) is 0.761. The van der Waals surface area contributed by atoms with Gasteiger partial charge < -0.3 is 14.3 Å². The topological polar surface area (TPSA) is 55.9 Å². The van der Waals surface area contributed by atoms with Crippen LogP contribution in [0.4, 0.5) is 5.69 Å². The summed E-state index contributed by atoms with van der Waals surface area (Å²) in [5.41, 5.74) is 1.77. The smallest absolute Gasteiger partial charge is 0.180 e. The molecular weight excluding hydrogens is 264 g/mol. The van der Waals surface area contributed by atoms with E-state index in [4.69, 9.17) is 16.0 Å². The molecule has 5 nitrogen and oxygen atoms in total. The van der Waals surface area contributed by atoms with Crippen LogP contribution < -0.4 is 5.32 Å². The van der Waals surface area contributed by atoms with Crippen LogP contribution in [0.25, 0.3) is 5.69 Å². The van der Waals surface area contributed by atoms with Crippen molar-refractivity contribution >= 4 is 17.3 Å². The standard InChI is InChI=1S/C13H11ClN4O/c14-11-2-1-3-12(13(11)18-5-4-15-8-18)17-7-10-6-16-9-19-10/h1-6,8-9,17H,7H2. The summed E-state index contributed by atoms with van der Waals surface area (Å²) < 4.78 is 7.06. The maximum atomic E-state index is 6.26. The van der Waals surface area contributed by atoms with Gasteiger partial charge in [-0.25, -0.2) is 9.97 Å². The third-order valence-corrected chi connectivity index (χ3v) is 2.99. The van der Waals surface area contributed by atoms with E-state index in [1.807, 2.05) is 29.0 Å². The van der Waals surface area contributed by atoms with Crippen molar-refractivity contribution in [1.82, 2.24) is 14.5 Å². The molecule has 0 radical (unpaired) electrons. The van der Waals surface area contributed by atoms with E-state index in [-0.39, 0.29) is 0 Å². The first-order chi connectivity index (χ1) is 9.34. The molecule has 3 rings (SSSR count). The van der Waals surface area contributed by atoms with Crippen LogP contribution in [0.5, 0.6) is 0 Å². The molecule has 2 aromatic heterocycles. The zero-order valence-corrected chi connectivity index (χ0v) is 10.7. The van der Waals surface area contributed by atoms with Gasteiger partial charge in [-0.2, -0.15) is 0 Å². The summed E-state index contributed by atoms with van der Waals surface area (Å²) >= 11 is 6.26. The molecular formula is C13H11ClN4O. The van der Waals surface area contributed by atoms with Crippen molar-refractivity contribution in [3.05, 3.63) is 60.3 Å². The van der Waals surface area contributed by atoms with E-state index in [9.17, 15) is 0 Å². The number of nitrogens with zero attached hydrogens (tertiary/aromatic N) is 3. The molecule has 0 amide bonds. The highest BCUT2D eigenvalue weighted by molar-refractivity contribution is 6.33. The molecule has 96 valence electrons. The van der Waals surface area contributed by atoms with Crippen molar-refractivity contribution in [2.45, 2.75) is 6.54 Å². The number of aromatic nitrogens is 3. The van der Waals surface area contributed by atoms with Crippen molar-refractivity contribution in [2.24, 2.45) is 0 Å². The number of benzene rings is 1. The normalized spacial score (nSPS) is 10.6. The lowest BCUT2D eigenvalue weighted by atomic mass is 10.2. The summed E-state index contributed by atoms with van der Waals surface area (Å²) in [6.45, 7) is 0.544. The van der Waals surface area contributed by atoms with Crippen molar-refractivity contribution in [3.63, 3.8) is 0 Å². The highest BCUT2D eigenvalue weighted by atomic mass is 35.5. The van der Waals surface area contributed by atoms with Gasteiger partial charge in [0.25, 0.3) is 0 Å². The Balaban J connectivity index is 1.91. The van der Waals surface area contributed by atoms with Crippen molar-refractivity contribution in [2.75, 3.05) is 5.32 Å². The minimum absolute atomic E-state index is 0.544. The fourth-order valence-corrected chi connectivity index (χ4v) is 2.10. The number of para-hydroxylation sites is 1. The van der Waals surface area contributed by atoms with Crippen LogP contribution in [-0.2, 0) is 6.54 Å². The molecule has 0 atom stereocenters. The van der Waals surface area contributed by atoms with Gasteiger partial charge in [-0.05, 0) is 12.1 Å². The lowest BCUT2D eigenvalue weighted by Gasteiger charge is -2.13. The Labute approximate surface area is 114 Å². The summed E-state index contributed by atoms with van der Waals surface area (Å²) in [7, 11) is 0. The minimum atomic E-state index is 0.544. The van der Waals surface area contributed by atoms with Crippen LogP contribution in [0.3, 0.4) is 0 Å². The molecule has 0 aliphatic rings. The van der Waals surface area contributed by atoms with Crippen LogP contribution in [0.2, 0.25) is 5.02 Å². The zero-order valence-electron chi connectivity index (χ0n) is 9.95. The third kappa shape index (κ3) is 2.46. The molecule has 0 aliphatic heterocycles. The molecule has 0 spiro atoms. The van der Waals surface area contributed by atoms with E-state index in [2.05, 4.69) is 15.3 Å². The van der Waals surface area contributed by atoms with Crippen LogP contribution >= 0.6 is 11.6 Å². The first-order valence-electron chi connectivity index (χ1n) is 5.72. The highest BCUT2D eigenvalue weighted by Gasteiger charge is 2.09. The van der Waals surface area contributed by atoms with Gasteiger partial charge in [0, 0.05) is 12.4 Å². The Bertz CT molecular complexity index is 649. The van der Waals surface area contributed by atoms with Crippen LogP contribution in [0.1, 0.15) is 5.76 Å². The number of anilines is 1. The molecule has 0 saturated heterocycles. The Morgan fingerprint density at radius 2 is 2.26 bits per heavy atom. The summed E-state index contributed by atoms with van der Waals surface area (Å²) in [6, 6.07) is 5.69. The van der Waals surface area contributed by atoms with Crippen molar-refractivity contribution < 1.29 is 4.42 Å². The SMILES string of the molecule is Clc1cccc(NCc2cnco2)c1-n1ccnc1. The number of hydrogen-bond acceptors (Lipinski definition) is 4. The van der Waals surface area contributed by atoms with E-state index in [1.54, 1.807) is 18.7 Å². The largest absolute Gasteiger partial charge is 0.447 e. The van der Waals surface area contributed by atoms with Gasteiger partial charge >= 0.3 is 0 Å². The minimum Gasteiger partial charge on any atom is -0.447 e. The molecule has 1 aromatic carbocycles. The lowest BCUT2D eigenvalue weighted by molar-refractivity contribution is 0.511. The van der Waals surface area contributed by atoms with Gasteiger partial charge in [0.05, 0.1) is 35.5 Å². The van der Waals surface area contributed by atoms with Gasteiger partial charge in [-0.3, -0.25) is 0 Å². The maximum absolute atomic E-state index is 6.26. The van der Waals surface area contributed by atoms with E-state index in [0.29, 0.717) is 11.6 Å². The second-order valence-corrected chi connectivity index (χ2v) is 4.33. The lowest BCUT2D eigenvalue weighted by Crippen LogP contribution is -2.03. The monoisotopic (exact) mass is 274 g/mol. The number of imidazole rings is 1. The average Bonchev–Trinajstić information content (AvgIpc) is 3.09. The Morgan fingerprint density at radius 1 is 1.32 bits per heavy atom. The Morgan fingerprint density at radius 3 is 3.00 bits per heavy atom. The van der Waals surface area contributed by atoms with Crippen molar-refractivity contribution in [1.29, 1.82) is 0 Å². The number of hydrogen-bond donors (Lipinski definition) is 1. The molecule has 0 saturated carbocycles. The van der Waals surface area contributed by atoms with Crippen LogP contribution in [0, 0.1) is 0 Å². The number of oxazole rings is 1. The molecule has 2 heterocycles. The summed E-state index contributed by atoms with van der Waals surface area (Å²) in [5, 5.41) is 3.93. The fraction of sp³-hybridized carbons (Fsp3) is 0.0769. The second kappa shape index (κ2) is 5.16. The second-order valence-electron chi connectivity index (χ2n) is 3.93. The van der Waals surface area contributed by atoms with E-state index < -0.39 is 0 Å².